The molecular weight excluding hydrogens is 254 g/mol. The average molecular weight is 269 g/mol. The maximum absolute atomic E-state index is 5.50. The van der Waals surface area contributed by atoms with E-state index in [0.717, 1.165) is 34.2 Å². The molecule has 0 bridgehead atoms. The molecule has 20 heavy (non-hydrogen) atoms. The first-order valence-electron chi connectivity index (χ1n) is 6.26. The van der Waals surface area contributed by atoms with E-state index in [1.807, 2.05) is 42.8 Å². The number of H-pyrrole nitrogens is 1. The monoisotopic (exact) mass is 269 g/mol. The molecule has 3 rings (SSSR count). The van der Waals surface area contributed by atoms with E-state index in [2.05, 4.69) is 20.4 Å². The summed E-state index contributed by atoms with van der Waals surface area (Å²) in [6.07, 6.45) is 3.67. The van der Waals surface area contributed by atoms with Gasteiger partial charge in [-0.25, -0.2) is 4.98 Å². The van der Waals surface area contributed by atoms with Crippen molar-refractivity contribution in [1.29, 1.82) is 0 Å². The van der Waals surface area contributed by atoms with Gasteiger partial charge in [0.25, 0.3) is 0 Å². The van der Waals surface area contributed by atoms with Crippen LogP contribution in [0.3, 0.4) is 0 Å². The van der Waals surface area contributed by atoms with Crippen LogP contribution in [0.1, 0.15) is 11.5 Å². The number of ether oxygens (including phenoxy) is 1. The summed E-state index contributed by atoms with van der Waals surface area (Å²) in [4.78, 5) is 4.42. The van der Waals surface area contributed by atoms with Gasteiger partial charge in [-0.3, -0.25) is 0 Å². The summed E-state index contributed by atoms with van der Waals surface area (Å²) >= 11 is 0. The van der Waals surface area contributed by atoms with Gasteiger partial charge < -0.3 is 9.30 Å². The second-order valence-electron chi connectivity index (χ2n) is 4.54. The van der Waals surface area contributed by atoms with Crippen molar-refractivity contribution in [2.24, 2.45) is 0 Å². The lowest BCUT2D eigenvalue weighted by Crippen LogP contribution is -1.99. The molecule has 0 fully saturated rings. The molecule has 2 heterocycles. The summed E-state index contributed by atoms with van der Waals surface area (Å²) in [5.74, 6) is 1.70. The number of aromatic amines is 1. The van der Waals surface area contributed by atoms with Crippen molar-refractivity contribution in [2.75, 3.05) is 7.11 Å². The normalized spacial score (nSPS) is 10.8. The average Bonchev–Trinajstić information content (AvgIpc) is 3.08. The van der Waals surface area contributed by atoms with E-state index in [1.54, 1.807) is 13.3 Å². The number of nitrogens with zero attached hydrogens (tertiary/aromatic N) is 4. The highest BCUT2D eigenvalue weighted by Crippen LogP contribution is 2.29. The van der Waals surface area contributed by atoms with E-state index in [9.17, 15) is 0 Å². The van der Waals surface area contributed by atoms with Crippen LogP contribution in [0.25, 0.3) is 16.9 Å². The molecule has 0 atom stereocenters. The Hall–Kier alpha value is -2.63. The van der Waals surface area contributed by atoms with Crippen LogP contribution in [-0.4, -0.2) is 32.1 Å². The minimum absolute atomic E-state index is 0.769. The fourth-order valence-electron chi connectivity index (χ4n) is 2.24. The number of nitrogens with one attached hydrogen (secondary N) is 1. The Morgan fingerprint density at radius 1 is 1.25 bits per heavy atom. The van der Waals surface area contributed by atoms with Crippen LogP contribution in [0, 0.1) is 13.8 Å². The molecule has 0 unspecified atom stereocenters. The maximum atomic E-state index is 5.50. The molecule has 0 aliphatic carbocycles. The number of rotatable bonds is 3. The van der Waals surface area contributed by atoms with Crippen LogP contribution >= 0.6 is 0 Å². The number of hydrogen-bond donors (Lipinski definition) is 1. The Morgan fingerprint density at radius 3 is 2.70 bits per heavy atom. The molecular formula is C14H15N5O. The van der Waals surface area contributed by atoms with Gasteiger partial charge in [0.15, 0.2) is 0 Å². The summed E-state index contributed by atoms with van der Waals surface area (Å²) in [5, 5.41) is 10.5. The number of aryl methyl sites for hydroxylation is 2. The molecule has 0 saturated heterocycles. The van der Waals surface area contributed by atoms with E-state index in [-0.39, 0.29) is 0 Å². The summed E-state index contributed by atoms with van der Waals surface area (Å²) in [7, 11) is 1.66. The lowest BCUT2D eigenvalue weighted by atomic mass is 10.1. The molecule has 0 amide bonds. The van der Waals surface area contributed by atoms with Gasteiger partial charge in [-0.2, -0.15) is 15.4 Å². The Kier molecular flexibility index (Phi) is 2.98. The van der Waals surface area contributed by atoms with Crippen LogP contribution in [0.15, 0.2) is 30.6 Å². The first-order valence-corrected chi connectivity index (χ1v) is 6.26. The summed E-state index contributed by atoms with van der Waals surface area (Å²) < 4.78 is 7.51. The molecule has 102 valence electrons. The van der Waals surface area contributed by atoms with Crippen LogP contribution in [0.4, 0.5) is 0 Å². The molecule has 1 aromatic carbocycles. The molecule has 6 nitrogen and oxygen atoms in total. The first-order chi connectivity index (χ1) is 9.69. The van der Waals surface area contributed by atoms with E-state index in [0.29, 0.717) is 0 Å². The minimum atomic E-state index is 0.769. The molecule has 0 aliphatic rings. The number of imidazole rings is 1. The molecule has 0 aliphatic heterocycles. The van der Waals surface area contributed by atoms with Gasteiger partial charge in [0.1, 0.15) is 17.3 Å². The fraction of sp³-hybridized carbons (Fsp3) is 0.214. The maximum Gasteiger partial charge on any atom is 0.143 e. The van der Waals surface area contributed by atoms with Gasteiger partial charge in [-0.05, 0) is 26.0 Å². The number of benzene rings is 1. The predicted molar refractivity (Wildman–Crippen MR) is 75.0 cm³/mol. The minimum Gasteiger partial charge on any atom is -0.495 e. The Morgan fingerprint density at radius 2 is 2.10 bits per heavy atom. The largest absolute Gasteiger partial charge is 0.495 e. The second kappa shape index (κ2) is 4.80. The summed E-state index contributed by atoms with van der Waals surface area (Å²) in [6, 6.07) is 5.93. The van der Waals surface area contributed by atoms with Crippen molar-refractivity contribution in [1.82, 2.24) is 25.0 Å². The smallest absolute Gasteiger partial charge is 0.143 e. The highest BCUT2D eigenvalue weighted by molar-refractivity contribution is 5.64. The molecule has 0 radical (unpaired) electrons. The highest BCUT2D eigenvalue weighted by Gasteiger charge is 2.11. The third kappa shape index (κ3) is 2.05. The summed E-state index contributed by atoms with van der Waals surface area (Å²) in [5.41, 5.74) is 3.67. The Labute approximate surface area is 116 Å². The highest BCUT2D eigenvalue weighted by atomic mass is 16.5. The molecule has 2 aromatic heterocycles. The lowest BCUT2D eigenvalue weighted by molar-refractivity contribution is 0.413. The van der Waals surface area contributed by atoms with E-state index < -0.39 is 0 Å². The molecule has 6 heteroatoms. The molecule has 0 saturated carbocycles. The molecule has 0 spiro atoms. The Bertz CT molecular complexity index is 730. The van der Waals surface area contributed by atoms with Gasteiger partial charge in [-0.1, -0.05) is 6.07 Å². The zero-order valence-corrected chi connectivity index (χ0v) is 11.6. The van der Waals surface area contributed by atoms with Crippen molar-refractivity contribution in [3.8, 4) is 22.7 Å². The fourth-order valence-corrected chi connectivity index (χ4v) is 2.24. The first kappa shape index (κ1) is 12.4. The van der Waals surface area contributed by atoms with Crippen LogP contribution < -0.4 is 4.74 Å². The van der Waals surface area contributed by atoms with E-state index in [1.165, 1.54) is 0 Å². The van der Waals surface area contributed by atoms with Crippen molar-refractivity contribution in [3.05, 3.63) is 42.1 Å². The SMILES string of the molecule is COc1cc(-c2cn[nH]n2)ccc1-n1cc(C)nc1C. The number of methoxy groups -OCH3 is 1. The quantitative estimate of drug-likeness (QED) is 0.792. The zero-order valence-electron chi connectivity index (χ0n) is 11.6. The Balaban J connectivity index is 2.11. The molecule has 3 aromatic rings. The number of hydrogen-bond acceptors (Lipinski definition) is 4. The third-order valence-electron chi connectivity index (χ3n) is 3.15. The second-order valence-corrected chi connectivity index (χ2v) is 4.54. The molecule has 1 N–H and O–H groups in total. The van der Waals surface area contributed by atoms with Gasteiger partial charge in [0, 0.05) is 11.8 Å². The van der Waals surface area contributed by atoms with E-state index in [4.69, 9.17) is 4.74 Å². The van der Waals surface area contributed by atoms with Crippen LogP contribution in [-0.2, 0) is 0 Å². The summed E-state index contributed by atoms with van der Waals surface area (Å²) in [6.45, 7) is 3.94. The van der Waals surface area contributed by atoms with Crippen molar-refractivity contribution in [3.63, 3.8) is 0 Å². The van der Waals surface area contributed by atoms with Gasteiger partial charge in [0.2, 0.25) is 0 Å². The lowest BCUT2D eigenvalue weighted by Gasteiger charge is -2.11. The predicted octanol–water partition coefficient (Wildman–Crippen LogP) is 2.28. The van der Waals surface area contributed by atoms with Crippen LogP contribution in [0.5, 0.6) is 5.75 Å². The number of aromatic nitrogens is 5. The zero-order chi connectivity index (χ0) is 14.1. The standard InChI is InChI=1S/C14H15N5O/c1-9-8-19(10(2)16-9)13-5-4-11(6-14(13)20-3)12-7-15-18-17-12/h4-8H,1-3H3,(H,15,17,18). The topological polar surface area (TPSA) is 68.6 Å². The van der Waals surface area contributed by atoms with Crippen molar-refractivity contribution < 1.29 is 4.74 Å². The van der Waals surface area contributed by atoms with Gasteiger partial charge in [0.05, 0.1) is 24.7 Å². The van der Waals surface area contributed by atoms with Gasteiger partial charge in [-0.15, -0.1) is 0 Å². The van der Waals surface area contributed by atoms with Crippen LogP contribution in [0.2, 0.25) is 0 Å². The van der Waals surface area contributed by atoms with Crippen molar-refractivity contribution in [2.45, 2.75) is 13.8 Å². The third-order valence-corrected chi connectivity index (χ3v) is 3.15. The van der Waals surface area contributed by atoms with Crippen molar-refractivity contribution >= 4 is 0 Å². The van der Waals surface area contributed by atoms with E-state index >= 15 is 0 Å². The van der Waals surface area contributed by atoms with Gasteiger partial charge >= 0.3 is 0 Å².